The van der Waals surface area contributed by atoms with Crippen LogP contribution < -0.4 is 0 Å². The van der Waals surface area contributed by atoms with E-state index in [4.69, 9.17) is 0 Å². The summed E-state index contributed by atoms with van der Waals surface area (Å²) in [4.78, 5) is 34.9. The molecule has 0 fully saturated rings. The van der Waals surface area contributed by atoms with Gasteiger partial charge in [-0.2, -0.15) is 0 Å². The lowest BCUT2D eigenvalue weighted by molar-refractivity contribution is -0.141. The molecule has 39 heavy (non-hydrogen) atoms. The first kappa shape index (κ1) is 35.1. The van der Waals surface area contributed by atoms with Crippen LogP contribution in [0.2, 0.25) is 0 Å². The van der Waals surface area contributed by atoms with Gasteiger partial charge in [-0.05, 0) is 52.6 Å². The minimum atomic E-state index is -1.36. The predicted molar refractivity (Wildman–Crippen MR) is 155 cm³/mol. The van der Waals surface area contributed by atoms with Crippen LogP contribution in [0, 0.1) is 0 Å². The Kier molecular flexibility index (Phi) is 16.6. The maximum atomic E-state index is 13.1. The molecule has 9 nitrogen and oxygen atoms in total. The van der Waals surface area contributed by atoms with Crippen molar-refractivity contribution in [1.82, 2.24) is 0 Å². The molecule has 1 aromatic carbocycles. The Labute approximate surface area is 239 Å². The van der Waals surface area contributed by atoms with E-state index in [1.165, 1.54) is 21.3 Å². The van der Waals surface area contributed by atoms with Gasteiger partial charge >= 0.3 is 17.9 Å². The fraction of sp³-hybridized carbons (Fsp3) is 0.667. The van der Waals surface area contributed by atoms with Gasteiger partial charge in [0.25, 0.3) is 0 Å². The van der Waals surface area contributed by atoms with Crippen LogP contribution in [-0.2, 0) is 97.5 Å². The number of methoxy groups -OCH3 is 3. The van der Waals surface area contributed by atoms with Gasteiger partial charge in [-0.3, -0.25) is 27.0 Å². The Morgan fingerprint density at radius 3 is 0.897 bits per heavy atom. The smallest absolute Gasteiger partial charge is 0.306 e. The van der Waals surface area contributed by atoms with E-state index < -0.39 is 50.3 Å². The van der Waals surface area contributed by atoms with Crippen molar-refractivity contribution in [3.05, 3.63) is 33.4 Å². The van der Waals surface area contributed by atoms with E-state index in [9.17, 15) is 27.0 Å². The van der Waals surface area contributed by atoms with E-state index in [-0.39, 0.29) is 53.8 Å². The zero-order valence-electron chi connectivity index (χ0n) is 23.9. The molecule has 0 N–H and O–H groups in total. The predicted octanol–water partition coefficient (Wildman–Crippen LogP) is 2.81. The van der Waals surface area contributed by atoms with E-state index >= 15 is 0 Å². The maximum absolute atomic E-state index is 13.1. The van der Waals surface area contributed by atoms with Crippen molar-refractivity contribution >= 4 is 50.3 Å². The summed E-state index contributed by atoms with van der Waals surface area (Å²) in [6.07, 6.45) is 1.94. The Morgan fingerprint density at radius 1 is 0.487 bits per heavy atom. The summed E-state index contributed by atoms with van der Waals surface area (Å²) >= 11 is 0. The van der Waals surface area contributed by atoms with Crippen LogP contribution in [0.3, 0.4) is 0 Å². The zero-order valence-corrected chi connectivity index (χ0v) is 26.3. The molecular formula is C27H42O9S3. The van der Waals surface area contributed by atoms with Crippen LogP contribution in [-0.4, -0.2) is 69.1 Å². The molecular weight excluding hydrogens is 564 g/mol. The second-order valence-corrected chi connectivity index (χ2v) is 13.5. The number of rotatable bonds is 18. The van der Waals surface area contributed by atoms with Crippen LogP contribution in [0.4, 0.5) is 0 Å². The third-order valence-corrected chi connectivity index (χ3v) is 10.3. The summed E-state index contributed by atoms with van der Waals surface area (Å²) in [5, 5.41) is 0. The second-order valence-electron chi connectivity index (χ2n) is 8.78. The topological polar surface area (TPSA) is 130 Å². The molecule has 0 bridgehead atoms. The molecule has 0 aliphatic rings. The zero-order chi connectivity index (χ0) is 29.5. The second kappa shape index (κ2) is 18.4. The molecule has 0 saturated carbocycles. The van der Waals surface area contributed by atoms with Gasteiger partial charge in [0.15, 0.2) is 0 Å². The quantitative estimate of drug-likeness (QED) is 0.183. The third-order valence-electron chi connectivity index (χ3n) is 6.45. The molecule has 0 aliphatic heterocycles. The van der Waals surface area contributed by atoms with Gasteiger partial charge in [-0.1, -0.05) is 20.8 Å². The first-order valence-electron chi connectivity index (χ1n) is 13.0. The number of ether oxygens (including phenoxy) is 3. The van der Waals surface area contributed by atoms with E-state index in [0.29, 0.717) is 19.3 Å². The van der Waals surface area contributed by atoms with E-state index in [1.54, 1.807) is 0 Å². The lowest BCUT2D eigenvalue weighted by Crippen LogP contribution is -2.19. The van der Waals surface area contributed by atoms with Gasteiger partial charge in [-0.25, -0.2) is 0 Å². The fourth-order valence-corrected chi connectivity index (χ4v) is 8.12. The van der Waals surface area contributed by atoms with Crippen LogP contribution in [0.25, 0.3) is 0 Å². The number of hydrogen-bond acceptors (Lipinski definition) is 9. The lowest BCUT2D eigenvalue weighted by atomic mass is 9.85. The Morgan fingerprint density at radius 2 is 0.718 bits per heavy atom. The first-order chi connectivity index (χ1) is 18.6. The lowest BCUT2D eigenvalue weighted by Gasteiger charge is -2.26. The molecule has 0 saturated heterocycles. The van der Waals surface area contributed by atoms with Crippen LogP contribution in [0.5, 0.6) is 0 Å². The highest BCUT2D eigenvalue weighted by molar-refractivity contribution is 7.84. The molecule has 0 heterocycles. The standard InChI is InChI=1S/C27H42O9S3/c1-7-19-22(16-37(31)13-10-25(28)34-4)20(8-2)24(18-39(33)15-12-27(30)36-6)21(9-3)23(19)17-38(32)14-11-26(29)35-5/h7-18H2,1-6H3. The average Bonchev–Trinajstić information content (AvgIpc) is 2.93. The van der Waals surface area contributed by atoms with Gasteiger partial charge in [0, 0.05) is 66.9 Å². The van der Waals surface area contributed by atoms with E-state index in [2.05, 4.69) is 14.2 Å². The molecule has 0 spiro atoms. The summed E-state index contributed by atoms with van der Waals surface area (Å²) in [7, 11) is -0.222. The van der Waals surface area contributed by atoms with Crippen LogP contribution >= 0.6 is 0 Å². The molecule has 3 atom stereocenters. The molecule has 0 aliphatic carbocycles. The number of benzene rings is 1. The van der Waals surface area contributed by atoms with Gasteiger partial charge < -0.3 is 14.2 Å². The maximum Gasteiger partial charge on any atom is 0.306 e. The van der Waals surface area contributed by atoms with Crippen molar-refractivity contribution in [1.29, 1.82) is 0 Å². The van der Waals surface area contributed by atoms with Crippen LogP contribution in [0.15, 0.2) is 0 Å². The fourth-order valence-electron chi connectivity index (χ4n) is 4.49. The summed E-state index contributed by atoms with van der Waals surface area (Å²) in [5.74, 6) is -0.233. The van der Waals surface area contributed by atoms with Gasteiger partial charge in [0.2, 0.25) is 0 Å². The van der Waals surface area contributed by atoms with Crippen molar-refractivity contribution in [3.8, 4) is 0 Å². The van der Waals surface area contributed by atoms with E-state index in [0.717, 1.165) is 33.4 Å². The van der Waals surface area contributed by atoms with Crippen LogP contribution in [0.1, 0.15) is 73.4 Å². The summed E-state index contributed by atoms with van der Waals surface area (Å²) in [6, 6.07) is 0. The number of carbonyl (C=O) groups is 3. The highest BCUT2D eigenvalue weighted by atomic mass is 32.2. The SMILES string of the molecule is CCc1c(CS(=O)CCC(=O)OC)c(CC)c(CS(=O)CCC(=O)OC)c(CC)c1CS(=O)CCC(=O)OC. The summed E-state index contributed by atoms with van der Waals surface area (Å²) in [5.41, 5.74) is 5.52. The Balaban J connectivity index is 3.62. The van der Waals surface area contributed by atoms with Crippen molar-refractivity contribution < 1.29 is 41.2 Å². The third kappa shape index (κ3) is 11.2. The van der Waals surface area contributed by atoms with Gasteiger partial charge in [0.1, 0.15) is 0 Å². The minimum absolute atomic E-state index is 0.0356. The number of esters is 3. The molecule has 12 heteroatoms. The van der Waals surface area contributed by atoms with Gasteiger partial charge in [0.05, 0.1) is 40.6 Å². The van der Waals surface area contributed by atoms with Crippen molar-refractivity contribution in [2.75, 3.05) is 38.6 Å². The summed E-state index contributed by atoms with van der Waals surface area (Å²) < 4.78 is 53.3. The highest BCUT2D eigenvalue weighted by Crippen LogP contribution is 2.33. The highest BCUT2D eigenvalue weighted by Gasteiger charge is 2.25. The molecule has 222 valence electrons. The normalized spacial score (nSPS) is 13.4. The monoisotopic (exact) mass is 606 g/mol. The van der Waals surface area contributed by atoms with Crippen molar-refractivity contribution in [2.24, 2.45) is 0 Å². The Bertz CT molecular complexity index is 928. The number of hydrogen-bond donors (Lipinski definition) is 0. The first-order valence-corrected chi connectivity index (χ1v) is 17.4. The molecule has 3 unspecified atom stereocenters. The molecule has 0 radical (unpaired) electrons. The molecule has 1 rings (SSSR count). The largest absolute Gasteiger partial charge is 0.469 e. The van der Waals surface area contributed by atoms with Crippen molar-refractivity contribution in [3.63, 3.8) is 0 Å². The molecule has 0 aromatic heterocycles. The summed E-state index contributed by atoms with van der Waals surface area (Å²) in [6.45, 7) is 5.97. The van der Waals surface area contributed by atoms with Gasteiger partial charge in [-0.15, -0.1) is 0 Å². The molecule has 0 amide bonds. The minimum Gasteiger partial charge on any atom is -0.469 e. The molecule has 1 aromatic rings. The van der Waals surface area contributed by atoms with Crippen molar-refractivity contribution in [2.45, 2.75) is 76.6 Å². The average molecular weight is 607 g/mol. The Hall–Kier alpha value is -1.92. The number of carbonyl (C=O) groups excluding carboxylic acids is 3. The van der Waals surface area contributed by atoms with E-state index in [1.807, 2.05) is 20.8 Å².